The van der Waals surface area contributed by atoms with E-state index in [1.165, 1.54) is 32.4 Å². The smallest absolute Gasteiger partial charge is 0.437 e. The van der Waals surface area contributed by atoms with Crippen molar-refractivity contribution in [3.63, 3.8) is 0 Å². The van der Waals surface area contributed by atoms with Crippen molar-refractivity contribution in [3.05, 3.63) is 50.4 Å². The largest absolute Gasteiger partial charge is 0.481 e. The number of rotatable bonds is 5. The number of ether oxygens (including phenoxy) is 3. The summed E-state index contributed by atoms with van der Waals surface area (Å²) in [6.45, 7) is 0. The molecule has 30 heavy (non-hydrogen) atoms. The quantitative estimate of drug-likeness (QED) is 0.600. The maximum absolute atomic E-state index is 13.6. The Morgan fingerprint density at radius 1 is 0.967 bits per heavy atom. The van der Waals surface area contributed by atoms with Crippen LogP contribution in [0.2, 0.25) is 10.0 Å². The van der Waals surface area contributed by atoms with Crippen molar-refractivity contribution in [2.45, 2.75) is 6.18 Å². The minimum atomic E-state index is -5.03. The highest BCUT2D eigenvalue weighted by Gasteiger charge is 2.39. The molecule has 1 N–H and O–H groups in total. The van der Waals surface area contributed by atoms with Crippen LogP contribution in [0, 0.1) is 0 Å². The Kier molecular flexibility index (Phi) is 6.04. The number of benzene rings is 1. The van der Waals surface area contributed by atoms with E-state index in [2.05, 4.69) is 19.9 Å². The molecular weight excluding hydrogens is 452 g/mol. The monoisotopic (exact) mass is 462 g/mol. The number of alkyl halides is 3. The van der Waals surface area contributed by atoms with Gasteiger partial charge in [0.2, 0.25) is 23.3 Å². The second-order valence-electron chi connectivity index (χ2n) is 5.54. The molecule has 8 nitrogen and oxygen atoms in total. The molecule has 158 valence electrons. The minimum Gasteiger partial charge on any atom is -0.481 e. The van der Waals surface area contributed by atoms with E-state index in [4.69, 9.17) is 37.4 Å². The molecule has 0 radical (unpaired) electrons. The molecule has 3 aromatic rings. The first-order valence-electron chi connectivity index (χ1n) is 7.94. The number of aromatic amines is 1. The molecular formula is C17H11Cl2F3N4O4. The van der Waals surface area contributed by atoms with Gasteiger partial charge < -0.3 is 19.2 Å². The van der Waals surface area contributed by atoms with E-state index >= 15 is 0 Å². The molecule has 0 bridgehead atoms. The number of H-pyrrole nitrogens is 1. The molecule has 1 aromatic carbocycles. The first-order valence-corrected chi connectivity index (χ1v) is 8.69. The molecule has 0 amide bonds. The zero-order valence-corrected chi connectivity index (χ0v) is 16.7. The zero-order valence-electron chi connectivity index (χ0n) is 15.2. The van der Waals surface area contributed by atoms with Crippen LogP contribution in [0.4, 0.5) is 13.2 Å². The topological polar surface area (TPSA) is 99.2 Å². The molecule has 2 heterocycles. The van der Waals surface area contributed by atoms with Crippen molar-refractivity contribution < 1.29 is 27.4 Å². The standard InChI is InChI=1S/C17H11Cl2F3N4O4/c1-28-10-6-11(29-2)24-14(23-10)15-25-13(17(20,21)22)12(16(27)26-15)30-7-3-4-8(18)9(19)5-7/h3-6H,1-2H3,(H,25,26,27). The Bertz CT molecular complexity index is 1130. The van der Waals surface area contributed by atoms with Crippen molar-refractivity contribution in [2.24, 2.45) is 0 Å². The van der Waals surface area contributed by atoms with E-state index in [9.17, 15) is 18.0 Å². The first-order chi connectivity index (χ1) is 14.1. The first kappa shape index (κ1) is 21.7. The van der Waals surface area contributed by atoms with Crippen LogP contribution in [0.1, 0.15) is 5.69 Å². The summed E-state index contributed by atoms with van der Waals surface area (Å²) in [7, 11) is 2.58. The number of aromatic nitrogens is 4. The van der Waals surface area contributed by atoms with Gasteiger partial charge in [-0.15, -0.1) is 0 Å². The van der Waals surface area contributed by atoms with Gasteiger partial charge in [-0.2, -0.15) is 23.1 Å². The van der Waals surface area contributed by atoms with E-state index < -0.39 is 29.0 Å². The Balaban J connectivity index is 2.15. The van der Waals surface area contributed by atoms with Crippen LogP contribution in [0.25, 0.3) is 11.6 Å². The third-order valence-corrected chi connectivity index (χ3v) is 4.30. The highest BCUT2D eigenvalue weighted by molar-refractivity contribution is 6.42. The highest BCUT2D eigenvalue weighted by Crippen LogP contribution is 2.36. The highest BCUT2D eigenvalue weighted by atomic mass is 35.5. The lowest BCUT2D eigenvalue weighted by Crippen LogP contribution is -2.21. The van der Waals surface area contributed by atoms with Crippen LogP contribution < -0.4 is 19.8 Å². The summed E-state index contributed by atoms with van der Waals surface area (Å²) in [5.74, 6) is -2.16. The van der Waals surface area contributed by atoms with Crippen LogP contribution in [0.15, 0.2) is 29.1 Å². The van der Waals surface area contributed by atoms with Crippen LogP contribution in [-0.4, -0.2) is 34.2 Å². The van der Waals surface area contributed by atoms with Crippen LogP contribution in [-0.2, 0) is 6.18 Å². The third kappa shape index (κ3) is 4.57. The molecule has 0 unspecified atom stereocenters. The molecule has 2 aromatic heterocycles. The molecule has 0 spiro atoms. The summed E-state index contributed by atoms with van der Waals surface area (Å²) < 4.78 is 55.9. The average molecular weight is 463 g/mol. The van der Waals surface area contributed by atoms with Gasteiger partial charge in [-0.3, -0.25) is 4.79 Å². The van der Waals surface area contributed by atoms with Gasteiger partial charge in [0.25, 0.3) is 5.56 Å². The van der Waals surface area contributed by atoms with Crippen molar-refractivity contribution in [1.82, 2.24) is 19.9 Å². The summed E-state index contributed by atoms with van der Waals surface area (Å²) >= 11 is 11.6. The van der Waals surface area contributed by atoms with Crippen molar-refractivity contribution >= 4 is 23.2 Å². The summed E-state index contributed by atoms with van der Waals surface area (Å²) in [6.07, 6.45) is -5.03. The van der Waals surface area contributed by atoms with Gasteiger partial charge in [0, 0.05) is 6.07 Å². The normalized spacial score (nSPS) is 11.3. The average Bonchev–Trinajstić information content (AvgIpc) is 2.70. The number of halogens is 5. The van der Waals surface area contributed by atoms with Gasteiger partial charge in [-0.25, -0.2) is 4.98 Å². The molecule has 0 aliphatic heterocycles. The van der Waals surface area contributed by atoms with Gasteiger partial charge in [0.15, 0.2) is 11.5 Å². The van der Waals surface area contributed by atoms with Crippen molar-refractivity contribution in [2.75, 3.05) is 14.2 Å². The molecule has 13 heteroatoms. The fourth-order valence-corrected chi connectivity index (χ4v) is 2.52. The Hall–Kier alpha value is -3.05. The van der Waals surface area contributed by atoms with E-state index in [-0.39, 0.29) is 33.4 Å². The number of nitrogens with one attached hydrogen (secondary N) is 1. The number of methoxy groups -OCH3 is 2. The molecule has 0 aliphatic rings. The molecule has 0 saturated carbocycles. The van der Waals surface area contributed by atoms with Gasteiger partial charge in [0.05, 0.1) is 30.3 Å². The lowest BCUT2D eigenvalue weighted by atomic mass is 10.3. The predicted octanol–water partition coefficient (Wildman–Crippen LogP) is 4.36. The molecule has 0 saturated heterocycles. The fraction of sp³-hybridized carbons (Fsp3) is 0.176. The summed E-state index contributed by atoms with van der Waals surface area (Å²) in [4.78, 5) is 25.8. The number of hydrogen-bond donors (Lipinski definition) is 1. The third-order valence-electron chi connectivity index (χ3n) is 3.57. The fourth-order valence-electron chi connectivity index (χ4n) is 2.23. The maximum Gasteiger partial charge on any atom is 0.437 e. The maximum atomic E-state index is 13.6. The van der Waals surface area contributed by atoms with Crippen LogP contribution in [0.3, 0.4) is 0 Å². The molecule has 0 fully saturated rings. The second-order valence-corrected chi connectivity index (χ2v) is 6.36. The van der Waals surface area contributed by atoms with Gasteiger partial charge in [0.1, 0.15) is 5.75 Å². The van der Waals surface area contributed by atoms with Gasteiger partial charge >= 0.3 is 6.18 Å². The van der Waals surface area contributed by atoms with Gasteiger partial charge in [-0.1, -0.05) is 23.2 Å². The van der Waals surface area contributed by atoms with Crippen LogP contribution >= 0.6 is 23.2 Å². The Labute approximate surface area is 176 Å². The minimum absolute atomic E-state index is 0.0100. The van der Waals surface area contributed by atoms with Crippen molar-refractivity contribution in [3.8, 4) is 34.9 Å². The Morgan fingerprint density at radius 2 is 1.60 bits per heavy atom. The SMILES string of the molecule is COc1cc(OC)nc(-c2nc(C(F)(F)F)c(Oc3ccc(Cl)c(Cl)c3)c(=O)[nH]2)n1. The molecule has 0 atom stereocenters. The molecule has 0 aliphatic carbocycles. The van der Waals surface area contributed by atoms with E-state index in [1.54, 1.807) is 0 Å². The zero-order chi connectivity index (χ0) is 22.1. The van der Waals surface area contributed by atoms with E-state index in [0.717, 1.165) is 6.07 Å². The lowest BCUT2D eigenvalue weighted by Gasteiger charge is -2.14. The number of hydrogen-bond acceptors (Lipinski definition) is 7. The lowest BCUT2D eigenvalue weighted by molar-refractivity contribution is -0.142. The summed E-state index contributed by atoms with van der Waals surface area (Å²) in [6, 6.07) is 5.01. The molecule has 3 rings (SSSR count). The van der Waals surface area contributed by atoms with E-state index in [0.29, 0.717) is 0 Å². The van der Waals surface area contributed by atoms with Crippen LogP contribution in [0.5, 0.6) is 23.3 Å². The summed E-state index contributed by atoms with van der Waals surface area (Å²) in [5.41, 5.74) is -2.80. The van der Waals surface area contributed by atoms with Crippen molar-refractivity contribution in [1.29, 1.82) is 0 Å². The summed E-state index contributed by atoms with van der Waals surface area (Å²) in [5, 5.41) is 0.187. The second kappa shape index (κ2) is 8.36. The Morgan fingerprint density at radius 3 is 2.13 bits per heavy atom. The van der Waals surface area contributed by atoms with E-state index in [1.807, 2.05) is 0 Å². The predicted molar refractivity (Wildman–Crippen MR) is 101 cm³/mol. The van der Waals surface area contributed by atoms with Gasteiger partial charge in [-0.05, 0) is 12.1 Å². The number of nitrogens with zero attached hydrogens (tertiary/aromatic N) is 3.